The largest absolute Gasteiger partial charge is 0.504 e. The quantitative estimate of drug-likeness (QED) is 0.383. The van der Waals surface area contributed by atoms with E-state index in [4.69, 9.17) is 0 Å². The molecular weight excluding hydrogens is 264 g/mol. The molecule has 2 rings (SSSR count). The van der Waals surface area contributed by atoms with Crippen LogP contribution in [-0.2, 0) is 0 Å². The maximum atomic E-state index is 12.0. The summed E-state index contributed by atoms with van der Waals surface area (Å²) in [5.74, 6) is -4.73. The summed E-state index contributed by atoms with van der Waals surface area (Å²) in [6, 6.07) is 7.21. The number of ketones is 2. The van der Waals surface area contributed by atoms with Gasteiger partial charge in [0.05, 0.1) is 11.1 Å². The van der Waals surface area contributed by atoms with Crippen molar-refractivity contribution in [2.45, 2.75) is 0 Å². The van der Waals surface area contributed by atoms with Gasteiger partial charge in [-0.3, -0.25) is 9.59 Å². The first-order valence-corrected chi connectivity index (χ1v) is 5.54. The summed E-state index contributed by atoms with van der Waals surface area (Å²) in [4.78, 5) is 23.9. The Bertz CT molecular complexity index is 643. The maximum absolute atomic E-state index is 12.0. The second-order valence-electron chi connectivity index (χ2n) is 4.00. The minimum absolute atomic E-state index is 0.391. The standard InChI is InChI=1S/C14H10O6/c15-9-5-1-3-7(11(9)17)13(19)14(20)8-4-2-6-10(16)12(8)18/h1-6,15-18H. The monoisotopic (exact) mass is 274 g/mol. The van der Waals surface area contributed by atoms with Crippen molar-refractivity contribution in [3.8, 4) is 23.0 Å². The van der Waals surface area contributed by atoms with Crippen LogP contribution < -0.4 is 0 Å². The second kappa shape index (κ2) is 4.93. The Labute approximate surface area is 113 Å². The van der Waals surface area contributed by atoms with E-state index in [1.54, 1.807) is 0 Å². The number of para-hydroxylation sites is 2. The number of aromatic hydroxyl groups is 4. The highest BCUT2D eigenvalue weighted by Crippen LogP contribution is 2.32. The fourth-order valence-corrected chi connectivity index (χ4v) is 1.67. The molecule has 0 aliphatic rings. The first kappa shape index (κ1) is 13.4. The molecule has 102 valence electrons. The summed E-state index contributed by atoms with van der Waals surface area (Å²) in [5, 5.41) is 37.7. The number of phenols is 4. The highest BCUT2D eigenvalue weighted by Gasteiger charge is 2.25. The molecule has 0 aromatic heterocycles. The molecule has 0 saturated heterocycles. The van der Waals surface area contributed by atoms with Gasteiger partial charge in [0.15, 0.2) is 23.0 Å². The summed E-state index contributed by atoms with van der Waals surface area (Å²) in [6.07, 6.45) is 0. The lowest BCUT2D eigenvalue weighted by Crippen LogP contribution is -2.14. The van der Waals surface area contributed by atoms with E-state index in [1.165, 1.54) is 12.1 Å². The highest BCUT2D eigenvalue weighted by atomic mass is 16.3. The van der Waals surface area contributed by atoms with Gasteiger partial charge < -0.3 is 20.4 Å². The normalized spacial score (nSPS) is 10.2. The van der Waals surface area contributed by atoms with Crippen LogP contribution in [-0.4, -0.2) is 32.0 Å². The van der Waals surface area contributed by atoms with Crippen LogP contribution in [0.25, 0.3) is 0 Å². The third kappa shape index (κ3) is 2.14. The van der Waals surface area contributed by atoms with E-state index in [-0.39, 0.29) is 0 Å². The number of carbonyl (C=O) groups is 2. The molecule has 0 amide bonds. The minimum atomic E-state index is -1.11. The van der Waals surface area contributed by atoms with Gasteiger partial charge >= 0.3 is 0 Å². The van der Waals surface area contributed by atoms with Crippen molar-refractivity contribution in [3.05, 3.63) is 47.5 Å². The van der Waals surface area contributed by atoms with E-state index in [1.807, 2.05) is 0 Å². The lowest BCUT2D eigenvalue weighted by molar-refractivity contribution is 0.0813. The molecule has 0 radical (unpaired) electrons. The van der Waals surface area contributed by atoms with Gasteiger partial charge in [0.25, 0.3) is 0 Å². The second-order valence-corrected chi connectivity index (χ2v) is 4.00. The molecule has 6 heteroatoms. The van der Waals surface area contributed by atoms with Crippen molar-refractivity contribution in [2.24, 2.45) is 0 Å². The SMILES string of the molecule is O=C(C(=O)c1cccc(O)c1O)c1cccc(O)c1O. The summed E-state index contributed by atoms with van der Waals surface area (Å²) in [7, 11) is 0. The van der Waals surface area contributed by atoms with Gasteiger partial charge in [-0.2, -0.15) is 0 Å². The third-order valence-electron chi connectivity index (χ3n) is 2.72. The Hall–Kier alpha value is -3.02. The number of hydrogen-bond donors (Lipinski definition) is 4. The van der Waals surface area contributed by atoms with Gasteiger partial charge in [0.1, 0.15) is 0 Å². The fraction of sp³-hybridized carbons (Fsp3) is 0. The molecular formula is C14H10O6. The molecule has 2 aromatic rings. The topological polar surface area (TPSA) is 115 Å². The summed E-state index contributed by atoms with van der Waals surface area (Å²) >= 11 is 0. The fourth-order valence-electron chi connectivity index (χ4n) is 1.67. The van der Waals surface area contributed by atoms with E-state index < -0.39 is 45.7 Å². The molecule has 0 unspecified atom stereocenters. The molecule has 0 bridgehead atoms. The average molecular weight is 274 g/mol. The van der Waals surface area contributed by atoms with Crippen molar-refractivity contribution >= 4 is 11.6 Å². The zero-order valence-corrected chi connectivity index (χ0v) is 10.1. The Morgan fingerprint density at radius 1 is 0.650 bits per heavy atom. The van der Waals surface area contributed by atoms with Gasteiger partial charge in [0, 0.05) is 0 Å². The van der Waals surface area contributed by atoms with E-state index >= 15 is 0 Å². The Kier molecular flexibility index (Phi) is 3.30. The first-order valence-electron chi connectivity index (χ1n) is 5.54. The van der Waals surface area contributed by atoms with Crippen LogP contribution >= 0.6 is 0 Å². The van der Waals surface area contributed by atoms with E-state index in [0.29, 0.717) is 0 Å². The molecule has 0 aliphatic heterocycles. The lowest BCUT2D eigenvalue weighted by atomic mass is 9.99. The summed E-state index contributed by atoms with van der Waals surface area (Å²) in [5.41, 5.74) is -0.782. The smallest absolute Gasteiger partial charge is 0.237 e. The van der Waals surface area contributed by atoms with E-state index in [0.717, 1.165) is 24.3 Å². The van der Waals surface area contributed by atoms with Gasteiger partial charge in [-0.05, 0) is 24.3 Å². The third-order valence-corrected chi connectivity index (χ3v) is 2.72. The molecule has 0 aliphatic carbocycles. The van der Waals surface area contributed by atoms with Crippen LogP contribution in [0.4, 0.5) is 0 Å². The predicted molar refractivity (Wildman–Crippen MR) is 68.2 cm³/mol. The maximum Gasteiger partial charge on any atom is 0.237 e. The number of Topliss-reactive ketones (excluding diaryl/α,β-unsaturated/α-hetero) is 2. The number of phenolic OH excluding ortho intramolecular Hbond substituents is 4. The molecule has 20 heavy (non-hydrogen) atoms. The number of carbonyl (C=O) groups excluding carboxylic acids is 2. The van der Waals surface area contributed by atoms with Crippen LogP contribution in [0, 0.1) is 0 Å². The van der Waals surface area contributed by atoms with Gasteiger partial charge in [-0.1, -0.05) is 12.1 Å². The first-order chi connectivity index (χ1) is 9.43. The molecule has 2 aromatic carbocycles. The van der Waals surface area contributed by atoms with Crippen LogP contribution in [0.1, 0.15) is 20.7 Å². The number of rotatable bonds is 3. The molecule has 0 heterocycles. The average Bonchev–Trinajstić information content (AvgIpc) is 2.43. The van der Waals surface area contributed by atoms with Gasteiger partial charge in [-0.25, -0.2) is 0 Å². The van der Waals surface area contributed by atoms with Crippen LogP contribution in [0.15, 0.2) is 36.4 Å². The Morgan fingerprint density at radius 2 is 1.00 bits per heavy atom. The van der Waals surface area contributed by atoms with Crippen LogP contribution in [0.3, 0.4) is 0 Å². The zero-order chi connectivity index (χ0) is 14.9. The van der Waals surface area contributed by atoms with Crippen molar-refractivity contribution in [3.63, 3.8) is 0 Å². The number of benzene rings is 2. The highest BCUT2D eigenvalue weighted by molar-refractivity contribution is 6.50. The lowest BCUT2D eigenvalue weighted by Gasteiger charge is -2.06. The van der Waals surface area contributed by atoms with Crippen molar-refractivity contribution in [1.29, 1.82) is 0 Å². The minimum Gasteiger partial charge on any atom is -0.504 e. The van der Waals surface area contributed by atoms with Crippen LogP contribution in [0.5, 0.6) is 23.0 Å². The zero-order valence-electron chi connectivity index (χ0n) is 10.1. The molecule has 6 nitrogen and oxygen atoms in total. The van der Waals surface area contributed by atoms with Crippen molar-refractivity contribution in [2.75, 3.05) is 0 Å². The van der Waals surface area contributed by atoms with E-state index in [2.05, 4.69) is 0 Å². The van der Waals surface area contributed by atoms with Crippen LogP contribution in [0.2, 0.25) is 0 Å². The van der Waals surface area contributed by atoms with Gasteiger partial charge in [-0.15, -0.1) is 0 Å². The summed E-state index contributed by atoms with van der Waals surface area (Å²) < 4.78 is 0. The predicted octanol–water partition coefficient (Wildman–Crippen LogP) is 1.57. The Balaban J connectivity index is 2.46. The summed E-state index contributed by atoms with van der Waals surface area (Å²) in [6.45, 7) is 0. The van der Waals surface area contributed by atoms with Crippen molar-refractivity contribution in [1.82, 2.24) is 0 Å². The Morgan fingerprint density at radius 3 is 1.35 bits per heavy atom. The van der Waals surface area contributed by atoms with Gasteiger partial charge in [0.2, 0.25) is 11.6 Å². The van der Waals surface area contributed by atoms with Crippen molar-refractivity contribution < 1.29 is 30.0 Å². The molecule has 0 fully saturated rings. The molecule has 0 saturated carbocycles. The molecule has 0 spiro atoms. The number of hydrogen-bond acceptors (Lipinski definition) is 6. The molecule has 4 N–H and O–H groups in total. The van der Waals surface area contributed by atoms with E-state index in [9.17, 15) is 30.0 Å². The molecule has 0 atom stereocenters.